The Balaban J connectivity index is 3.17. The first-order chi connectivity index (χ1) is 5.27. The molecular weight excluding hydrogens is 186 g/mol. The molecule has 0 bridgehead atoms. The number of rotatable bonds is 1. The molecule has 11 heavy (non-hydrogen) atoms. The van der Waals surface area contributed by atoms with Crippen molar-refractivity contribution in [2.45, 2.75) is 0 Å². The first kappa shape index (κ1) is 7.82. The minimum Gasteiger partial charge on any atom is -0.221 e. The Kier molecular flexibility index (Phi) is 2.28. The molecule has 1 aromatic rings. The standard InChI is InChI=1S/C4ClN5S/c5-3-2(1-6)11-4(8-3)9-10-7. The van der Waals surface area contributed by atoms with Crippen LogP contribution in [0.25, 0.3) is 10.4 Å². The van der Waals surface area contributed by atoms with Gasteiger partial charge in [0.05, 0.1) is 0 Å². The van der Waals surface area contributed by atoms with Crippen molar-refractivity contribution in [2.75, 3.05) is 0 Å². The van der Waals surface area contributed by atoms with Gasteiger partial charge in [-0.15, -0.1) is 0 Å². The lowest BCUT2D eigenvalue weighted by Crippen LogP contribution is -1.63. The maximum atomic E-state index is 8.40. The van der Waals surface area contributed by atoms with Gasteiger partial charge in [0, 0.05) is 4.91 Å². The van der Waals surface area contributed by atoms with Crippen LogP contribution in [0, 0.1) is 11.3 Å². The summed E-state index contributed by atoms with van der Waals surface area (Å²) >= 11 is 6.43. The second kappa shape index (κ2) is 3.21. The Morgan fingerprint density at radius 1 is 1.82 bits per heavy atom. The fourth-order valence-electron chi connectivity index (χ4n) is 0.441. The summed E-state index contributed by atoms with van der Waals surface area (Å²) in [6.45, 7) is 0. The molecule has 0 unspecified atom stereocenters. The Labute approximate surface area is 70.5 Å². The minimum atomic E-state index is 0.0832. The van der Waals surface area contributed by atoms with E-state index in [0.717, 1.165) is 11.3 Å². The van der Waals surface area contributed by atoms with Crippen molar-refractivity contribution >= 4 is 28.1 Å². The van der Waals surface area contributed by atoms with Crippen LogP contribution in [0.5, 0.6) is 0 Å². The molecule has 0 amide bonds. The molecule has 0 spiro atoms. The first-order valence-corrected chi connectivity index (χ1v) is 3.59. The number of halogens is 1. The number of azide groups is 1. The van der Waals surface area contributed by atoms with Crippen LogP contribution in [-0.2, 0) is 0 Å². The summed E-state index contributed by atoms with van der Waals surface area (Å²) in [6, 6.07) is 1.81. The molecule has 0 fully saturated rings. The van der Waals surface area contributed by atoms with E-state index < -0.39 is 0 Å². The predicted octanol–water partition coefficient (Wildman–Crippen LogP) is 2.61. The van der Waals surface area contributed by atoms with E-state index in [0.29, 0.717) is 0 Å². The normalized spacial score (nSPS) is 8.36. The Morgan fingerprint density at radius 3 is 3.00 bits per heavy atom. The average Bonchev–Trinajstić information content (AvgIpc) is 2.32. The van der Waals surface area contributed by atoms with Gasteiger partial charge in [0.15, 0.2) is 10.3 Å². The maximum Gasteiger partial charge on any atom is 0.182 e. The second-order valence-corrected chi connectivity index (χ2v) is 2.75. The van der Waals surface area contributed by atoms with Crippen LogP contribution in [0.15, 0.2) is 5.11 Å². The monoisotopic (exact) mass is 185 g/mol. The molecule has 54 valence electrons. The van der Waals surface area contributed by atoms with E-state index in [4.69, 9.17) is 22.4 Å². The van der Waals surface area contributed by atoms with Gasteiger partial charge in [-0.05, 0) is 10.6 Å². The predicted molar refractivity (Wildman–Crippen MR) is 40.6 cm³/mol. The van der Waals surface area contributed by atoms with Crippen molar-refractivity contribution < 1.29 is 0 Å². The average molecular weight is 186 g/mol. The van der Waals surface area contributed by atoms with Crippen LogP contribution < -0.4 is 0 Å². The zero-order valence-corrected chi connectivity index (χ0v) is 6.59. The van der Waals surface area contributed by atoms with Crippen molar-refractivity contribution in [1.82, 2.24) is 4.98 Å². The highest BCUT2D eigenvalue weighted by Gasteiger charge is 2.05. The topological polar surface area (TPSA) is 85.4 Å². The molecule has 0 radical (unpaired) electrons. The molecule has 0 atom stereocenters. The van der Waals surface area contributed by atoms with Crippen molar-refractivity contribution in [3.63, 3.8) is 0 Å². The van der Waals surface area contributed by atoms with E-state index >= 15 is 0 Å². The largest absolute Gasteiger partial charge is 0.221 e. The van der Waals surface area contributed by atoms with E-state index in [1.165, 1.54) is 0 Å². The summed E-state index contributed by atoms with van der Waals surface area (Å²) < 4.78 is 0. The number of nitrogens with zero attached hydrogens (tertiary/aromatic N) is 5. The highest BCUT2D eigenvalue weighted by atomic mass is 35.5. The SMILES string of the molecule is N#Cc1sc(N=[N+]=[N-])nc1Cl. The highest BCUT2D eigenvalue weighted by molar-refractivity contribution is 7.16. The molecule has 0 aliphatic heterocycles. The number of aromatic nitrogens is 1. The van der Waals surface area contributed by atoms with Gasteiger partial charge in [-0.25, -0.2) is 4.98 Å². The highest BCUT2D eigenvalue weighted by Crippen LogP contribution is 2.27. The minimum absolute atomic E-state index is 0.0832. The van der Waals surface area contributed by atoms with E-state index in [2.05, 4.69) is 15.0 Å². The summed E-state index contributed by atoms with van der Waals surface area (Å²) in [5.41, 5.74) is 7.99. The number of thiazole rings is 1. The zero-order chi connectivity index (χ0) is 8.27. The van der Waals surface area contributed by atoms with Gasteiger partial charge in [-0.2, -0.15) is 5.26 Å². The van der Waals surface area contributed by atoms with Gasteiger partial charge in [0.2, 0.25) is 0 Å². The van der Waals surface area contributed by atoms with Gasteiger partial charge in [-0.1, -0.05) is 22.9 Å². The van der Waals surface area contributed by atoms with Gasteiger partial charge >= 0.3 is 0 Å². The molecule has 1 rings (SSSR count). The van der Waals surface area contributed by atoms with Crippen LogP contribution in [-0.4, -0.2) is 4.98 Å². The van der Waals surface area contributed by atoms with Gasteiger partial charge < -0.3 is 0 Å². The number of hydrogen-bond acceptors (Lipinski definition) is 4. The summed E-state index contributed by atoms with van der Waals surface area (Å²) in [7, 11) is 0. The van der Waals surface area contributed by atoms with Crippen LogP contribution in [0.2, 0.25) is 5.15 Å². The summed E-state index contributed by atoms with van der Waals surface area (Å²) in [5.74, 6) is 0. The van der Waals surface area contributed by atoms with Crippen molar-refractivity contribution in [2.24, 2.45) is 5.11 Å². The summed E-state index contributed by atoms with van der Waals surface area (Å²) in [5, 5.41) is 11.8. The third-order valence-electron chi connectivity index (χ3n) is 0.806. The van der Waals surface area contributed by atoms with Crippen molar-refractivity contribution in [3.05, 3.63) is 20.5 Å². The quantitative estimate of drug-likeness (QED) is 0.383. The molecule has 1 heterocycles. The Morgan fingerprint density at radius 2 is 2.55 bits per heavy atom. The molecule has 0 N–H and O–H groups in total. The summed E-state index contributed by atoms with van der Waals surface area (Å²) in [6.07, 6.45) is 0. The van der Waals surface area contributed by atoms with E-state index in [-0.39, 0.29) is 15.2 Å². The van der Waals surface area contributed by atoms with Crippen molar-refractivity contribution in [3.8, 4) is 6.07 Å². The molecule has 7 heteroatoms. The fraction of sp³-hybridized carbons (Fsp3) is 0. The molecule has 0 saturated heterocycles. The van der Waals surface area contributed by atoms with E-state index in [1.54, 1.807) is 0 Å². The van der Waals surface area contributed by atoms with E-state index in [1.807, 2.05) is 6.07 Å². The Bertz CT molecular complexity index is 357. The number of hydrogen-bond donors (Lipinski definition) is 0. The maximum absolute atomic E-state index is 8.40. The molecule has 0 saturated carbocycles. The summed E-state index contributed by atoms with van der Waals surface area (Å²) in [4.78, 5) is 6.37. The lowest BCUT2D eigenvalue weighted by Gasteiger charge is -1.71. The zero-order valence-electron chi connectivity index (χ0n) is 5.02. The van der Waals surface area contributed by atoms with Crippen LogP contribution >= 0.6 is 22.9 Å². The first-order valence-electron chi connectivity index (χ1n) is 2.39. The van der Waals surface area contributed by atoms with Gasteiger partial charge in [0.25, 0.3) is 0 Å². The Hall–Kier alpha value is -1.28. The van der Waals surface area contributed by atoms with Crippen LogP contribution in [0.4, 0.5) is 5.13 Å². The number of nitriles is 1. The smallest absolute Gasteiger partial charge is 0.182 e. The third-order valence-corrected chi connectivity index (χ3v) is 2.04. The fourth-order valence-corrected chi connectivity index (χ4v) is 1.30. The van der Waals surface area contributed by atoms with Gasteiger partial charge in [0.1, 0.15) is 10.9 Å². The lowest BCUT2D eigenvalue weighted by atomic mass is 10.6. The molecular formula is C4ClN5S. The molecule has 5 nitrogen and oxygen atoms in total. The van der Waals surface area contributed by atoms with E-state index in [9.17, 15) is 0 Å². The third kappa shape index (κ3) is 1.59. The molecule has 0 aromatic carbocycles. The molecule has 0 aliphatic rings. The lowest BCUT2D eigenvalue weighted by molar-refractivity contribution is 1.33. The molecule has 0 aliphatic carbocycles. The van der Waals surface area contributed by atoms with Crippen LogP contribution in [0.1, 0.15) is 4.88 Å². The van der Waals surface area contributed by atoms with Crippen LogP contribution in [0.3, 0.4) is 0 Å². The van der Waals surface area contributed by atoms with Crippen molar-refractivity contribution in [1.29, 1.82) is 5.26 Å². The molecule has 1 aromatic heterocycles. The van der Waals surface area contributed by atoms with Gasteiger partial charge in [-0.3, -0.25) is 0 Å². The second-order valence-electron chi connectivity index (χ2n) is 1.42.